The van der Waals surface area contributed by atoms with Gasteiger partial charge in [0.25, 0.3) is 5.91 Å². The van der Waals surface area contributed by atoms with Crippen LogP contribution in [0.4, 0.5) is 0 Å². The van der Waals surface area contributed by atoms with Gasteiger partial charge in [-0.15, -0.1) is 6.42 Å². The van der Waals surface area contributed by atoms with Crippen molar-refractivity contribution in [2.45, 2.75) is 65.0 Å². The zero-order chi connectivity index (χ0) is 34.8. The number of amides is 1. The molecule has 1 fully saturated rings. The summed E-state index contributed by atoms with van der Waals surface area (Å²) in [6.07, 6.45) is -2.09. The van der Waals surface area contributed by atoms with Crippen LogP contribution in [0.5, 0.6) is 5.75 Å². The Balaban J connectivity index is 2.24. The van der Waals surface area contributed by atoms with E-state index in [2.05, 4.69) is 11.2 Å². The third-order valence-electron chi connectivity index (χ3n) is 6.12. The molecule has 16 heteroatoms. The first-order valence-electron chi connectivity index (χ1n) is 14.6. The number of esters is 4. The molecule has 1 aromatic carbocycles. The predicted octanol–water partition coefficient (Wildman–Crippen LogP) is 0.0536. The molecule has 0 spiro atoms. The summed E-state index contributed by atoms with van der Waals surface area (Å²) in [5.74, 6) is -1.42. The van der Waals surface area contributed by atoms with E-state index in [1.165, 1.54) is 18.2 Å². The molecule has 16 nitrogen and oxygen atoms in total. The number of ether oxygens (including phenoxy) is 9. The number of carbonyl (C=O) groups excluding carboxylic acids is 5. The summed E-state index contributed by atoms with van der Waals surface area (Å²) in [6, 6.07) is 4.25. The van der Waals surface area contributed by atoms with Gasteiger partial charge in [0, 0.05) is 34.2 Å². The normalized spacial score (nSPS) is 20.3. The SMILES string of the molecule is C#CCOCCOCCOCCNC(=O)c1cc(CO)ccc1OC1O[C@H](COC(C)=O)[C@H](OC(C)=O)[C@H](OC(C)=O)[C@H]1OC(C)=O. The minimum absolute atomic E-state index is 0.0280. The molecule has 0 bridgehead atoms. The Hall–Kier alpha value is -4.27. The van der Waals surface area contributed by atoms with E-state index >= 15 is 0 Å². The number of terminal acetylenes is 1. The molecule has 0 saturated carbocycles. The van der Waals surface area contributed by atoms with Crippen LogP contribution < -0.4 is 10.1 Å². The largest absolute Gasteiger partial charge is 0.463 e. The molecule has 0 aliphatic carbocycles. The average molecular weight is 668 g/mol. The van der Waals surface area contributed by atoms with E-state index in [0.29, 0.717) is 25.4 Å². The summed E-state index contributed by atoms with van der Waals surface area (Å²) >= 11 is 0. The van der Waals surface area contributed by atoms with Gasteiger partial charge in [-0.05, 0) is 17.7 Å². The van der Waals surface area contributed by atoms with Crippen LogP contribution in [0, 0.1) is 12.3 Å². The highest BCUT2D eigenvalue weighted by Crippen LogP contribution is 2.32. The van der Waals surface area contributed by atoms with Crippen molar-refractivity contribution in [3.05, 3.63) is 29.3 Å². The zero-order valence-electron chi connectivity index (χ0n) is 26.7. The molecule has 1 amide bonds. The monoisotopic (exact) mass is 667 g/mol. The molecule has 1 aliphatic rings. The standard InChI is InChI=1S/C31H41NO15/c1-6-10-39-12-14-41-15-13-40-11-9-32-30(38)24-16-23(17-33)7-8-25(24)46-31-29(45-22(5)37)28(44-21(4)36)27(43-20(3)35)26(47-31)18-42-19(2)34/h1,7-8,16,26-29,31,33H,9-15,17-18H2,2-5H3,(H,32,38)/t26-,27+,28+,29-,31?/m1/s1. The lowest BCUT2D eigenvalue weighted by molar-refractivity contribution is -0.288. The Kier molecular flexibility index (Phi) is 17.2. The Bertz CT molecular complexity index is 1250. The molecule has 1 unspecified atom stereocenters. The second-order valence-electron chi connectivity index (χ2n) is 9.91. The summed E-state index contributed by atoms with van der Waals surface area (Å²) in [6.45, 7) is 5.31. The molecule has 2 rings (SSSR count). The van der Waals surface area contributed by atoms with Crippen LogP contribution in [0.1, 0.15) is 43.6 Å². The van der Waals surface area contributed by atoms with Crippen molar-refractivity contribution in [1.82, 2.24) is 5.32 Å². The molecule has 5 atom stereocenters. The highest BCUT2D eigenvalue weighted by atomic mass is 16.7. The summed E-state index contributed by atoms with van der Waals surface area (Å²) < 4.78 is 49.2. The molecule has 2 N–H and O–H groups in total. The lowest BCUT2D eigenvalue weighted by Gasteiger charge is -2.44. The number of hydrogen-bond donors (Lipinski definition) is 2. The molecule has 1 aromatic rings. The van der Waals surface area contributed by atoms with Crippen LogP contribution in [-0.4, -0.2) is 118 Å². The number of carbonyl (C=O) groups is 5. The third kappa shape index (κ3) is 13.9. The molecule has 1 saturated heterocycles. The Morgan fingerprint density at radius 2 is 1.43 bits per heavy atom. The molecular formula is C31H41NO15. The highest BCUT2D eigenvalue weighted by Gasteiger charge is 2.53. The van der Waals surface area contributed by atoms with Gasteiger partial charge in [0.15, 0.2) is 12.2 Å². The summed E-state index contributed by atoms with van der Waals surface area (Å²) in [5, 5.41) is 12.4. The van der Waals surface area contributed by atoms with E-state index < -0.39 is 73.7 Å². The molecule has 260 valence electrons. The fourth-order valence-electron chi connectivity index (χ4n) is 4.27. The lowest BCUT2D eigenvalue weighted by atomic mass is 9.98. The smallest absolute Gasteiger partial charge is 0.303 e. The van der Waals surface area contributed by atoms with Gasteiger partial charge < -0.3 is 53.1 Å². The fraction of sp³-hybridized carbons (Fsp3) is 0.581. The minimum atomic E-state index is -1.57. The van der Waals surface area contributed by atoms with Gasteiger partial charge in [0.2, 0.25) is 12.4 Å². The molecule has 1 aliphatic heterocycles. The van der Waals surface area contributed by atoms with E-state index in [1.54, 1.807) is 0 Å². The first kappa shape index (κ1) is 38.9. The Morgan fingerprint density at radius 3 is 2.02 bits per heavy atom. The number of aliphatic hydroxyl groups excluding tert-OH is 1. The van der Waals surface area contributed by atoms with Crippen LogP contribution in [0.25, 0.3) is 0 Å². The number of aliphatic hydroxyl groups is 1. The van der Waals surface area contributed by atoms with Crippen molar-refractivity contribution in [2.75, 3.05) is 52.8 Å². The van der Waals surface area contributed by atoms with E-state index in [9.17, 15) is 29.1 Å². The predicted molar refractivity (Wildman–Crippen MR) is 159 cm³/mol. The van der Waals surface area contributed by atoms with Crippen LogP contribution >= 0.6 is 0 Å². The second-order valence-corrected chi connectivity index (χ2v) is 9.91. The van der Waals surface area contributed by atoms with E-state index in [4.69, 9.17) is 49.1 Å². The van der Waals surface area contributed by atoms with Crippen molar-refractivity contribution < 1.29 is 71.7 Å². The van der Waals surface area contributed by atoms with Crippen molar-refractivity contribution in [3.8, 4) is 18.1 Å². The van der Waals surface area contributed by atoms with Crippen molar-refractivity contribution in [1.29, 1.82) is 0 Å². The zero-order valence-corrected chi connectivity index (χ0v) is 26.7. The van der Waals surface area contributed by atoms with Gasteiger partial charge >= 0.3 is 23.9 Å². The molecular weight excluding hydrogens is 626 g/mol. The van der Waals surface area contributed by atoms with Gasteiger partial charge in [0.1, 0.15) is 25.1 Å². The number of nitrogens with one attached hydrogen (secondary N) is 1. The van der Waals surface area contributed by atoms with Crippen LogP contribution in [0.3, 0.4) is 0 Å². The van der Waals surface area contributed by atoms with Gasteiger partial charge in [-0.3, -0.25) is 24.0 Å². The first-order valence-corrected chi connectivity index (χ1v) is 14.6. The highest BCUT2D eigenvalue weighted by molar-refractivity contribution is 5.97. The van der Waals surface area contributed by atoms with Gasteiger partial charge in [-0.25, -0.2) is 0 Å². The summed E-state index contributed by atoms with van der Waals surface area (Å²) in [5.41, 5.74) is 0.350. The van der Waals surface area contributed by atoms with Gasteiger partial charge in [-0.1, -0.05) is 12.0 Å². The van der Waals surface area contributed by atoms with Crippen molar-refractivity contribution in [3.63, 3.8) is 0 Å². The van der Waals surface area contributed by atoms with Crippen molar-refractivity contribution >= 4 is 29.8 Å². The number of benzene rings is 1. The topological polar surface area (TPSA) is 201 Å². The number of hydrogen-bond acceptors (Lipinski definition) is 15. The van der Waals surface area contributed by atoms with Crippen molar-refractivity contribution in [2.24, 2.45) is 0 Å². The lowest BCUT2D eigenvalue weighted by Crippen LogP contribution is -2.63. The maximum atomic E-state index is 13.2. The van der Waals surface area contributed by atoms with Crippen LogP contribution in [0.15, 0.2) is 18.2 Å². The van der Waals surface area contributed by atoms with Crippen LogP contribution in [-0.2, 0) is 63.7 Å². The summed E-state index contributed by atoms with van der Waals surface area (Å²) in [7, 11) is 0. The van der Waals surface area contributed by atoms with Gasteiger partial charge in [-0.2, -0.15) is 0 Å². The van der Waals surface area contributed by atoms with E-state index in [-0.39, 0.29) is 37.7 Å². The maximum absolute atomic E-state index is 13.2. The van der Waals surface area contributed by atoms with E-state index in [1.807, 2.05) is 0 Å². The Labute approximate surface area is 272 Å². The fourth-order valence-corrected chi connectivity index (χ4v) is 4.27. The maximum Gasteiger partial charge on any atom is 0.303 e. The second kappa shape index (κ2) is 20.8. The van der Waals surface area contributed by atoms with Crippen LogP contribution in [0.2, 0.25) is 0 Å². The molecule has 0 radical (unpaired) electrons. The quantitative estimate of drug-likeness (QED) is 0.0867. The minimum Gasteiger partial charge on any atom is -0.463 e. The average Bonchev–Trinajstić information content (AvgIpc) is 3.01. The molecule has 47 heavy (non-hydrogen) atoms. The molecule has 1 heterocycles. The third-order valence-corrected chi connectivity index (χ3v) is 6.12. The number of rotatable bonds is 19. The Morgan fingerprint density at radius 1 is 0.830 bits per heavy atom. The summed E-state index contributed by atoms with van der Waals surface area (Å²) in [4.78, 5) is 61.0. The van der Waals surface area contributed by atoms with E-state index in [0.717, 1.165) is 27.7 Å². The first-order chi connectivity index (χ1) is 22.5. The molecule has 0 aromatic heterocycles. The van der Waals surface area contributed by atoms with Gasteiger partial charge in [0.05, 0.1) is 45.2 Å².